The third-order valence-corrected chi connectivity index (χ3v) is 2.89. The van der Waals surface area contributed by atoms with Gasteiger partial charge in [0, 0.05) is 13.2 Å². The van der Waals surface area contributed by atoms with E-state index in [9.17, 15) is 4.79 Å². The minimum absolute atomic E-state index is 0.0130. The largest absolute Gasteiger partial charge is 0.358 e. The van der Waals surface area contributed by atoms with Crippen molar-refractivity contribution in [2.45, 2.75) is 39.0 Å². The molecule has 0 aromatic carbocycles. The Bertz CT molecular complexity index is 383. The molecule has 0 bridgehead atoms. The average Bonchev–Trinajstić information content (AvgIpc) is 2.28. The molecular formula is C13H20N2O. The van der Waals surface area contributed by atoms with E-state index < -0.39 is 5.41 Å². The van der Waals surface area contributed by atoms with Crippen LogP contribution in [0.2, 0.25) is 0 Å². The van der Waals surface area contributed by atoms with Crippen LogP contribution in [0.3, 0.4) is 0 Å². The molecule has 1 amide bonds. The fourth-order valence-electron chi connectivity index (χ4n) is 1.58. The van der Waals surface area contributed by atoms with Gasteiger partial charge in [0.25, 0.3) is 0 Å². The van der Waals surface area contributed by atoms with E-state index in [-0.39, 0.29) is 5.91 Å². The van der Waals surface area contributed by atoms with Crippen molar-refractivity contribution in [1.82, 2.24) is 10.3 Å². The number of nitrogens with one attached hydrogen (secondary N) is 1. The molecule has 88 valence electrons. The molecule has 1 aromatic heterocycles. The van der Waals surface area contributed by atoms with Crippen molar-refractivity contribution in [2.75, 3.05) is 7.05 Å². The van der Waals surface area contributed by atoms with Gasteiger partial charge in [-0.1, -0.05) is 13.8 Å². The second-order valence-electron chi connectivity index (χ2n) is 4.83. The summed E-state index contributed by atoms with van der Waals surface area (Å²) in [5.74, 6) is 0.433. The van der Waals surface area contributed by atoms with Crippen molar-refractivity contribution >= 4 is 5.91 Å². The molecule has 1 heterocycles. The van der Waals surface area contributed by atoms with Gasteiger partial charge in [-0.25, -0.2) is 0 Å². The predicted molar refractivity (Wildman–Crippen MR) is 65.4 cm³/mol. The van der Waals surface area contributed by atoms with E-state index in [1.54, 1.807) is 13.2 Å². The second-order valence-corrected chi connectivity index (χ2v) is 4.83. The number of nitrogens with zero attached hydrogens (tertiary/aromatic N) is 1. The maximum atomic E-state index is 11.8. The van der Waals surface area contributed by atoms with E-state index in [0.29, 0.717) is 5.92 Å². The number of amides is 1. The van der Waals surface area contributed by atoms with Gasteiger partial charge in [0.1, 0.15) is 0 Å². The Morgan fingerprint density at radius 2 is 2.06 bits per heavy atom. The molecule has 3 heteroatoms. The molecule has 3 nitrogen and oxygen atoms in total. The zero-order valence-corrected chi connectivity index (χ0v) is 10.7. The van der Waals surface area contributed by atoms with Crippen LogP contribution in [-0.4, -0.2) is 17.9 Å². The van der Waals surface area contributed by atoms with Crippen molar-refractivity contribution in [1.29, 1.82) is 0 Å². The third kappa shape index (κ3) is 2.40. The van der Waals surface area contributed by atoms with E-state index in [0.717, 1.165) is 5.69 Å². The quantitative estimate of drug-likeness (QED) is 0.848. The molecule has 0 unspecified atom stereocenters. The number of hydrogen-bond acceptors (Lipinski definition) is 2. The molecule has 0 aliphatic rings. The number of carbonyl (C=O) groups excluding carboxylic acids is 1. The molecule has 1 N–H and O–H groups in total. The Morgan fingerprint density at radius 1 is 1.44 bits per heavy atom. The first-order chi connectivity index (χ1) is 7.39. The molecule has 0 fully saturated rings. The summed E-state index contributed by atoms with van der Waals surface area (Å²) in [6, 6.07) is 4.01. The molecule has 0 aliphatic carbocycles. The number of rotatable bonds is 3. The van der Waals surface area contributed by atoms with Gasteiger partial charge in [-0.2, -0.15) is 0 Å². The number of hydrogen-bond donors (Lipinski definition) is 1. The van der Waals surface area contributed by atoms with Crippen molar-refractivity contribution in [2.24, 2.45) is 0 Å². The van der Waals surface area contributed by atoms with Crippen LogP contribution in [0.25, 0.3) is 0 Å². The fourth-order valence-corrected chi connectivity index (χ4v) is 1.58. The highest BCUT2D eigenvalue weighted by molar-refractivity contribution is 5.86. The number of aromatic nitrogens is 1. The van der Waals surface area contributed by atoms with Crippen LogP contribution < -0.4 is 5.32 Å². The number of carbonyl (C=O) groups is 1. The molecule has 0 aliphatic heterocycles. The molecule has 0 saturated heterocycles. The predicted octanol–water partition coefficient (Wildman–Crippen LogP) is 2.23. The zero-order valence-electron chi connectivity index (χ0n) is 10.7. The minimum Gasteiger partial charge on any atom is -0.358 e. The summed E-state index contributed by atoms with van der Waals surface area (Å²) in [6.07, 6.45) is 1.77. The molecule has 16 heavy (non-hydrogen) atoms. The maximum Gasteiger partial charge on any atom is 0.231 e. The maximum absolute atomic E-state index is 11.8. The summed E-state index contributed by atoms with van der Waals surface area (Å²) in [5.41, 5.74) is 1.44. The van der Waals surface area contributed by atoms with E-state index in [1.165, 1.54) is 5.56 Å². The second kappa shape index (κ2) is 4.64. The third-order valence-electron chi connectivity index (χ3n) is 2.89. The SMILES string of the molecule is CNC(=O)C(C)(C)c1cc(C(C)C)ccn1. The number of likely N-dealkylation sites (N-methyl/N-ethyl adjacent to an activating group) is 1. The molecule has 1 aromatic rings. The Morgan fingerprint density at radius 3 is 2.56 bits per heavy atom. The minimum atomic E-state index is -0.584. The van der Waals surface area contributed by atoms with E-state index in [1.807, 2.05) is 26.0 Å². The van der Waals surface area contributed by atoms with Crippen LogP contribution in [0.4, 0.5) is 0 Å². The van der Waals surface area contributed by atoms with Gasteiger partial charge in [-0.05, 0) is 37.5 Å². The summed E-state index contributed by atoms with van der Waals surface area (Å²) in [7, 11) is 1.65. The average molecular weight is 220 g/mol. The monoisotopic (exact) mass is 220 g/mol. The first-order valence-corrected chi connectivity index (χ1v) is 5.58. The zero-order chi connectivity index (χ0) is 12.3. The Balaban J connectivity index is 3.13. The highest BCUT2D eigenvalue weighted by Gasteiger charge is 2.30. The molecule has 0 saturated carbocycles. The fraction of sp³-hybridized carbons (Fsp3) is 0.538. The standard InChI is InChI=1S/C13H20N2O/c1-9(2)10-6-7-15-11(8-10)13(3,4)12(16)14-5/h6-9H,1-5H3,(H,14,16). The van der Waals surface area contributed by atoms with E-state index >= 15 is 0 Å². The molecule has 0 spiro atoms. The Hall–Kier alpha value is -1.38. The molecule has 0 atom stereocenters. The van der Waals surface area contributed by atoms with Gasteiger partial charge in [0.15, 0.2) is 0 Å². The Kier molecular flexibility index (Phi) is 3.68. The number of pyridine rings is 1. The first-order valence-electron chi connectivity index (χ1n) is 5.58. The van der Waals surface area contributed by atoms with Crippen molar-refractivity contribution in [3.05, 3.63) is 29.6 Å². The van der Waals surface area contributed by atoms with Crippen LogP contribution in [-0.2, 0) is 10.2 Å². The lowest BCUT2D eigenvalue weighted by atomic mass is 9.86. The smallest absolute Gasteiger partial charge is 0.231 e. The first kappa shape index (κ1) is 12.7. The summed E-state index contributed by atoms with van der Waals surface area (Å²) in [4.78, 5) is 16.1. The van der Waals surface area contributed by atoms with Crippen molar-refractivity contribution < 1.29 is 4.79 Å². The molecule has 0 radical (unpaired) electrons. The summed E-state index contributed by atoms with van der Waals surface area (Å²) in [5, 5.41) is 2.67. The van der Waals surface area contributed by atoms with Crippen LogP contribution >= 0.6 is 0 Å². The van der Waals surface area contributed by atoms with E-state index in [2.05, 4.69) is 24.1 Å². The van der Waals surface area contributed by atoms with Crippen molar-refractivity contribution in [3.63, 3.8) is 0 Å². The van der Waals surface area contributed by atoms with Gasteiger partial charge >= 0.3 is 0 Å². The van der Waals surface area contributed by atoms with Gasteiger partial charge in [-0.3, -0.25) is 9.78 Å². The van der Waals surface area contributed by atoms with Gasteiger partial charge in [0.05, 0.1) is 11.1 Å². The van der Waals surface area contributed by atoms with Crippen LogP contribution in [0.5, 0.6) is 0 Å². The van der Waals surface area contributed by atoms with Gasteiger partial charge in [-0.15, -0.1) is 0 Å². The van der Waals surface area contributed by atoms with Crippen LogP contribution in [0.1, 0.15) is 44.9 Å². The summed E-state index contributed by atoms with van der Waals surface area (Å²) in [6.45, 7) is 8.04. The van der Waals surface area contributed by atoms with Gasteiger partial charge < -0.3 is 5.32 Å². The van der Waals surface area contributed by atoms with E-state index in [4.69, 9.17) is 0 Å². The normalized spacial score (nSPS) is 11.6. The van der Waals surface area contributed by atoms with Gasteiger partial charge in [0.2, 0.25) is 5.91 Å². The highest BCUT2D eigenvalue weighted by atomic mass is 16.2. The van der Waals surface area contributed by atoms with Crippen LogP contribution in [0, 0.1) is 0 Å². The lowest BCUT2D eigenvalue weighted by Crippen LogP contribution is -2.38. The lowest BCUT2D eigenvalue weighted by Gasteiger charge is -2.22. The van der Waals surface area contributed by atoms with Crippen molar-refractivity contribution in [3.8, 4) is 0 Å². The molecule has 1 rings (SSSR count). The topological polar surface area (TPSA) is 42.0 Å². The molecular weight excluding hydrogens is 200 g/mol. The highest BCUT2D eigenvalue weighted by Crippen LogP contribution is 2.24. The van der Waals surface area contributed by atoms with Crippen LogP contribution in [0.15, 0.2) is 18.3 Å². The summed E-state index contributed by atoms with van der Waals surface area (Å²) < 4.78 is 0. The lowest BCUT2D eigenvalue weighted by molar-refractivity contribution is -0.125. The Labute approximate surface area is 97.3 Å². The summed E-state index contributed by atoms with van der Waals surface area (Å²) >= 11 is 0.